The Balaban J connectivity index is 0.00000480. The summed E-state index contributed by atoms with van der Waals surface area (Å²) in [4.78, 5) is 8.01. The van der Waals surface area contributed by atoms with Crippen LogP contribution in [0.25, 0.3) is 0 Å². The first-order chi connectivity index (χ1) is 14.4. The first-order valence-corrected chi connectivity index (χ1v) is 9.57. The van der Waals surface area contributed by atoms with Gasteiger partial charge in [-0.3, -0.25) is 4.99 Å². The summed E-state index contributed by atoms with van der Waals surface area (Å²) in [6.45, 7) is 2.65. The Kier molecular flexibility index (Phi) is 12.2. The zero-order valence-corrected chi connectivity index (χ0v) is 19.8. The van der Waals surface area contributed by atoms with Crippen LogP contribution in [-0.4, -0.2) is 43.9 Å². The fourth-order valence-electron chi connectivity index (χ4n) is 2.52. The lowest BCUT2D eigenvalue weighted by molar-refractivity contribution is -0.154. The Hall–Kier alpha value is -2.08. The molecule has 10 heteroatoms. The largest absolute Gasteiger partial charge is 0.468 e. The minimum atomic E-state index is -4.42. The number of hydrogen-bond acceptors (Lipinski definition) is 4. The average molecular weight is 552 g/mol. The number of ether oxygens (including phenoxy) is 2. The van der Waals surface area contributed by atoms with Crippen LogP contribution in [0.5, 0.6) is 5.88 Å². The van der Waals surface area contributed by atoms with Crippen molar-refractivity contribution < 1.29 is 22.6 Å². The van der Waals surface area contributed by atoms with Crippen LogP contribution in [0.1, 0.15) is 18.1 Å². The molecule has 2 N–H and O–H groups in total. The van der Waals surface area contributed by atoms with Gasteiger partial charge in [0.1, 0.15) is 0 Å². The van der Waals surface area contributed by atoms with Gasteiger partial charge in [0.2, 0.25) is 5.88 Å². The predicted molar refractivity (Wildman–Crippen MR) is 125 cm³/mol. The van der Waals surface area contributed by atoms with E-state index >= 15 is 0 Å². The van der Waals surface area contributed by atoms with Gasteiger partial charge in [-0.05, 0) is 17.5 Å². The summed E-state index contributed by atoms with van der Waals surface area (Å²) in [5.41, 5.74) is 1.62. The maximum absolute atomic E-state index is 12.4. The van der Waals surface area contributed by atoms with Crippen molar-refractivity contribution in [1.29, 1.82) is 0 Å². The highest BCUT2D eigenvalue weighted by molar-refractivity contribution is 14.0. The highest BCUT2D eigenvalue weighted by atomic mass is 127. The summed E-state index contributed by atoms with van der Waals surface area (Å²) >= 11 is 0. The second-order valence-corrected chi connectivity index (χ2v) is 6.78. The van der Waals surface area contributed by atoms with Crippen LogP contribution in [-0.2, 0) is 17.9 Å². The van der Waals surface area contributed by atoms with Gasteiger partial charge >= 0.3 is 6.18 Å². The minimum absolute atomic E-state index is 0. The third-order valence-corrected chi connectivity index (χ3v) is 4.02. The number of alkyl halides is 3. The van der Waals surface area contributed by atoms with Crippen molar-refractivity contribution in [1.82, 2.24) is 15.6 Å². The number of benzene rings is 1. The van der Waals surface area contributed by atoms with Gasteiger partial charge in [-0.25, -0.2) is 4.98 Å². The van der Waals surface area contributed by atoms with Crippen molar-refractivity contribution in [2.45, 2.75) is 26.3 Å². The Bertz CT molecular complexity index is 792. The molecule has 0 bridgehead atoms. The van der Waals surface area contributed by atoms with Crippen molar-refractivity contribution in [3.8, 4) is 5.88 Å². The fraction of sp³-hybridized carbons (Fsp3) is 0.429. The molecule has 0 saturated carbocycles. The number of halogens is 4. The van der Waals surface area contributed by atoms with E-state index in [9.17, 15) is 13.2 Å². The summed E-state index contributed by atoms with van der Waals surface area (Å²) < 4.78 is 47.7. The van der Waals surface area contributed by atoms with E-state index < -0.39 is 12.8 Å². The molecule has 1 aromatic carbocycles. The van der Waals surface area contributed by atoms with Crippen LogP contribution in [0.15, 0.2) is 53.7 Å². The second-order valence-electron chi connectivity index (χ2n) is 6.78. The van der Waals surface area contributed by atoms with E-state index in [1.54, 1.807) is 19.2 Å². The first-order valence-electron chi connectivity index (χ1n) is 9.57. The van der Waals surface area contributed by atoms with E-state index in [0.29, 0.717) is 31.3 Å². The number of nitrogens with one attached hydrogen (secondary N) is 2. The van der Waals surface area contributed by atoms with E-state index in [4.69, 9.17) is 9.47 Å². The second kappa shape index (κ2) is 14.1. The Morgan fingerprint density at radius 2 is 1.87 bits per heavy atom. The summed E-state index contributed by atoms with van der Waals surface area (Å²) in [6.07, 6.45) is -3.03. The monoisotopic (exact) mass is 552 g/mol. The Morgan fingerprint density at radius 3 is 2.55 bits per heavy atom. The number of hydrogen-bond donors (Lipinski definition) is 2. The molecule has 1 unspecified atom stereocenters. The standard InChI is InChI=1S/C21H27F3N4O2.HI/c1-16(13-29-14-17-7-4-3-5-8-17)11-27-20(25-2)28-12-18-9-6-10-26-19(18)30-15-21(22,23)24;/h3-10,16H,11-15H2,1-2H3,(H2,25,27,28);1H. The first kappa shape index (κ1) is 27.0. The zero-order chi connectivity index (χ0) is 21.8. The van der Waals surface area contributed by atoms with Gasteiger partial charge in [0.25, 0.3) is 0 Å². The van der Waals surface area contributed by atoms with Crippen molar-refractivity contribution in [2.24, 2.45) is 10.9 Å². The molecule has 31 heavy (non-hydrogen) atoms. The lowest BCUT2D eigenvalue weighted by Gasteiger charge is -2.17. The molecule has 1 heterocycles. The molecule has 0 aliphatic heterocycles. The van der Waals surface area contributed by atoms with E-state index in [2.05, 4.69) is 27.5 Å². The van der Waals surface area contributed by atoms with Crippen molar-refractivity contribution in [2.75, 3.05) is 26.8 Å². The summed E-state index contributed by atoms with van der Waals surface area (Å²) in [5, 5.41) is 6.24. The van der Waals surface area contributed by atoms with Crippen LogP contribution in [0.3, 0.4) is 0 Å². The molecule has 0 amide bonds. The summed E-state index contributed by atoms with van der Waals surface area (Å²) in [5.74, 6) is 0.701. The highest BCUT2D eigenvalue weighted by Crippen LogP contribution is 2.19. The lowest BCUT2D eigenvalue weighted by atomic mass is 10.2. The molecule has 1 aromatic heterocycles. The molecule has 1 atom stereocenters. The van der Waals surface area contributed by atoms with Gasteiger partial charge < -0.3 is 20.1 Å². The lowest BCUT2D eigenvalue weighted by Crippen LogP contribution is -2.39. The van der Waals surface area contributed by atoms with Gasteiger partial charge in [0.15, 0.2) is 12.6 Å². The number of aliphatic imine (C=N–C) groups is 1. The number of rotatable bonds is 10. The molecule has 2 rings (SSSR count). The summed E-state index contributed by atoms with van der Waals surface area (Å²) in [7, 11) is 1.62. The minimum Gasteiger partial charge on any atom is -0.468 e. The quantitative estimate of drug-likeness (QED) is 0.264. The fourth-order valence-corrected chi connectivity index (χ4v) is 2.52. The van der Waals surface area contributed by atoms with E-state index in [0.717, 1.165) is 5.56 Å². The third kappa shape index (κ3) is 11.2. The number of nitrogens with zero attached hydrogens (tertiary/aromatic N) is 2. The van der Waals surface area contributed by atoms with Gasteiger partial charge in [-0.1, -0.05) is 43.3 Å². The SMILES string of the molecule is CN=C(NCc1cccnc1OCC(F)(F)F)NCC(C)COCc1ccccc1.I. The van der Waals surface area contributed by atoms with E-state index in [-0.39, 0.29) is 42.3 Å². The molecule has 0 fully saturated rings. The van der Waals surface area contributed by atoms with Crippen LogP contribution in [0, 0.1) is 5.92 Å². The van der Waals surface area contributed by atoms with Gasteiger partial charge in [0.05, 0.1) is 13.2 Å². The molecule has 172 valence electrons. The van der Waals surface area contributed by atoms with Crippen LogP contribution >= 0.6 is 24.0 Å². The van der Waals surface area contributed by atoms with Crippen LogP contribution in [0.4, 0.5) is 13.2 Å². The normalized spacial score (nSPS) is 12.6. The van der Waals surface area contributed by atoms with Gasteiger partial charge in [-0.2, -0.15) is 13.2 Å². The van der Waals surface area contributed by atoms with Crippen molar-refractivity contribution in [3.05, 3.63) is 59.8 Å². The number of pyridine rings is 1. The molecule has 0 spiro atoms. The number of aromatic nitrogens is 1. The van der Waals surface area contributed by atoms with Crippen LogP contribution < -0.4 is 15.4 Å². The van der Waals surface area contributed by atoms with E-state index in [1.165, 1.54) is 6.20 Å². The maximum atomic E-state index is 12.4. The maximum Gasteiger partial charge on any atom is 0.422 e. The predicted octanol–water partition coefficient (Wildman–Crippen LogP) is 4.16. The van der Waals surface area contributed by atoms with Crippen molar-refractivity contribution >= 4 is 29.9 Å². The summed E-state index contributed by atoms with van der Waals surface area (Å²) in [6, 6.07) is 13.2. The van der Waals surface area contributed by atoms with Gasteiger partial charge in [0, 0.05) is 31.9 Å². The number of guanidine groups is 1. The third-order valence-electron chi connectivity index (χ3n) is 4.02. The van der Waals surface area contributed by atoms with Crippen molar-refractivity contribution in [3.63, 3.8) is 0 Å². The molecular formula is C21H28F3IN4O2. The molecule has 0 aliphatic carbocycles. The molecule has 0 radical (unpaired) electrons. The molecular weight excluding hydrogens is 524 g/mol. The van der Waals surface area contributed by atoms with Gasteiger partial charge in [-0.15, -0.1) is 24.0 Å². The average Bonchev–Trinajstić information content (AvgIpc) is 2.73. The zero-order valence-electron chi connectivity index (χ0n) is 17.5. The molecule has 0 aliphatic rings. The smallest absolute Gasteiger partial charge is 0.422 e. The molecule has 2 aromatic rings. The Morgan fingerprint density at radius 1 is 1.13 bits per heavy atom. The van der Waals surface area contributed by atoms with E-state index in [1.807, 2.05) is 30.3 Å². The molecule has 6 nitrogen and oxygen atoms in total. The topological polar surface area (TPSA) is 67.8 Å². The molecule has 0 saturated heterocycles. The Labute approximate surface area is 197 Å². The van der Waals surface area contributed by atoms with Crippen LogP contribution in [0.2, 0.25) is 0 Å². The highest BCUT2D eigenvalue weighted by Gasteiger charge is 2.29.